The van der Waals surface area contributed by atoms with Gasteiger partial charge >= 0.3 is 0 Å². The summed E-state index contributed by atoms with van der Waals surface area (Å²) in [6.45, 7) is 1.45. The average molecular weight is 340 g/mol. The molecule has 6 nitrogen and oxygen atoms in total. The second kappa shape index (κ2) is 6.76. The van der Waals surface area contributed by atoms with Crippen LogP contribution >= 0.6 is 0 Å². The van der Waals surface area contributed by atoms with Gasteiger partial charge in [-0.25, -0.2) is 0 Å². The smallest absolute Gasteiger partial charge is 0.205 e. The molecule has 0 unspecified atom stereocenters. The first-order valence-electron chi connectivity index (χ1n) is 7.67. The first-order chi connectivity index (χ1) is 12.0. The summed E-state index contributed by atoms with van der Waals surface area (Å²) in [6, 6.07) is 7.66. The van der Waals surface area contributed by atoms with Gasteiger partial charge in [0.05, 0.1) is 25.2 Å². The van der Waals surface area contributed by atoms with E-state index >= 15 is 0 Å². The van der Waals surface area contributed by atoms with Crippen molar-refractivity contribution in [2.45, 2.75) is 19.8 Å². The summed E-state index contributed by atoms with van der Waals surface area (Å²) >= 11 is 0. The molecule has 2 heterocycles. The van der Waals surface area contributed by atoms with Gasteiger partial charge < -0.3 is 13.6 Å². The summed E-state index contributed by atoms with van der Waals surface area (Å²) in [5.74, 6) is 0.508. The molecule has 0 aliphatic carbocycles. The van der Waals surface area contributed by atoms with Crippen LogP contribution in [0.4, 0.5) is 0 Å². The third kappa shape index (κ3) is 3.52. The lowest BCUT2D eigenvalue weighted by Gasteiger charge is -2.09. The molecule has 128 valence electrons. The molecule has 1 aromatic carbocycles. The minimum Gasteiger partial charge on any atom is -0.497 e. The molecule has 0 fully saturated rings. The van der Waals surface area contributed by atoms with Crippen molar-refractivity contribution in [3.63, 3.8) is 0 Å². The maximum Gasteiger partial charge on any atom is 0.205 e. The number of methoxy groups -OCH3 is 1. The van der Waals surface area contributed by atoms with Crippen LogP contribution in [0.2, 0.25) is 0 Å². The number of fused-ring (bicyclic) bond motifs is 1. The molecule has 0 N–H and O–H groups in total. The Balaban J connectivity index is 2.09. The van der Waals surface area contributed by atoms with Crippen molar-refractivity contribution < 1.29 is 23.2 Å². The number of carbonyl (C=O) groups excluding carboxylic acids is 2. The molecule has 0 aliphatic heterocycles. The van der Waals surface area contributed by atoms with Crippen LogP contribution in [0, 0.1) is 0 Å². The fourth-order valence-corrected chi connectivity index (χ4v) is 2.63. The summed E-state index contributed by atoms with van der Waals surface area (Å²) in [6.07, 6.45) is 1.40. The number of hydrogen-bond acceptors (Lipinski definition) is 6. The zero-order valence-electron chi connectivity index (χ0n) is 13.8. The molecule has 0 atom stereocenters. The molecule has 0 amide bonds. The molecule has 6 heteroatoms. The minimum atomic E-state index is -0.299. The van der Waals surface area contributed by atoms with Gasteiger partial charge in [0.15, 0.2) is 11.2 Å². The lowest BCUT2D eigenvalue weighted by molar-refractivity contribution is -0.116. The SMILES string of the molecule is COc1cc(CC(C)=O)c2oc(CC(=O)c3ccco3)cc(=O)c2c1. The second-order valence-corrected chi connectivity index (χ2v) is 5.70. The van der Waals surface area contributed by atoms with Crippen molar-refractivity contribution >= 4 is 22.5 Å². The van der Waals surface area contributed by atoms with Crippen LogP contribution in [0.25, 0.3) is 11.0 Å². The lowest BCUT2D eigenvalue weighted by atomic mass is 10.0. The summed E-state index contributed by atoms with van der Waals surface area (Å²) in [5, 5.41) is 0.310. The first-order valence-corrected chi connectivity index (χ1v) is 7.67. The Bertz CT molecular complexity index is 995. The van der Waals surface area contributed by atoms with Crippen molar-refractivity contribution in [2.75, 3.05) is 7.11 Å². The molecular weight excluding hydrogens is 324 g/mol. The largest absolute Gasteiger partial charge is 0.497 e. The number of furan rings is 1. The van der Waals surface area contributed by atoms with Crippen LogP contribution in [0.3, 0.4) is 0 Å². The normalized spacial score (nSPS) is 10.8. The van der Waals surface area contributed by atoms with E-state index < -0.39 is 0 Å². The molecule has 0 saturated heterocycles. The maximum absolute atomic E-state index is 12.4. The molecule has 0 saturated carbocycles. The van der Waals surface area contributed by atoms with Crippen LogP contribution in [-0.2, 0) is 17.6 Å². The van der Waals surface area contributed by atoms with Crippen LogP contribution in [0.5, 0.6) is 5.75 Å². The predicted molar refractivity (Wildman–Crippen MR) is 90.2 cm³/mol. The Labute approximate surface area is 143 Å². The molecule has 0 radical (unpaired) electrons. The third-order valence-electron chi connectivity index (χ3n) is 3.74. The molecule has 2 aromatic heterocycles. The Morgan fingerprint density at radius 1 is 1.16 bits per heavy atom. The van der Waals surface area contributed by atoms with E-state index in [1.165, 1.54) is 26.4 Å². The Morgan fingerprint density at radius 2 is 1.96 bits per heavy atom. The van der Waals surface area contributed by atoms with Crippen molar-refractivity contribution in [2.24, 2.45) is 0 Å². The molecule has 3 rings (SSSR count). The minimum absolute atomic E-state index is 0.0748. The Morgan fingerprint density at radius 3 is 2.60 bits per heavy atom. The van der Waals surface area contributed by atoms with Crippen LogP contribution in [0.15, 0.2) is 50.2 Å². The van der Waals surface area contributed by atoms with Gasteiger partial charge in [-0.3, -0.25) is 14.4 Å². The van der Waals surface area contributed by atoms with Gasteiger partial charge in [-0.1, -0.05) is 0 Å². The Hall–Kier alpha value is -3.15. The molecular formula is C19H16O6. The van der Waals surface area contributed by atoms with Gasteiger partial charge in [-0.2, -0.15) is 0 Å². The second-order valence-electron chi connectivity index (χ2n) is 5.70. The Kier molecular flexibility index (Phi) is 4.52. The number of carbonyl (C=O) groups is 2. The van der Waals surface area contributed by atoms with Crippen molar-refractivity contribution in [3.8, 4) is 5.75 Å². The molecule has 25 heavy (non-hydrogen) atoms. The van der Waals surface area contributed by atoms with E-state index in [9.17, 15) is 14.4 Å². The van der Waals surface area contributed by atoms with E-state index in [0.29, 0.717) is 22.3 Å². The maximum atomic E-state index is 12.4. The summed E-state index contributed by atoms with van der Waals surface area (Å²) < 4.78 is 16.0. The molecule has 0 aliphatic rings. The van der Waals surface area contributed by atoms with Gasteiger partial charge in [0.2, 0.25) is 5.78 Å². The highest BCUT2D eigenvalue weighted by atomic mass is 16.5. The number of rotatable bonds is 6. The number of ether oxygens (including phenoxy) is 1. The predicted octanol–water partition coefficient (Wildman–Crippen LogP) is 2.95. The summed E-state index contributed by atoms with van der Waals surface area (Å²) in [4.78, 5) is 36.1. The van der Waals surface area contributed by atoms with Crippen molar-refractivity contribution in [1.29, 1.82) is 0 Å². The van der Waals surface area contributed by atoms with Gasteiger partial charge in [-0.15, -0.1) is 0 Å². The molecule has 0 spiro atoms. The highest BCUT2D eigenvalue weighted by Crippen LogP contribution is 2.25. The van der Waals surface area contributed by atoms with Crippen LogP contribution in [0.1, 0.15) is 28.8 Å². The molecule has 0 bridgehead atoms. The number of Topliss-reactive ketones (excluding diaryl/α,β-unsaturated/α-hetero) is 2. The van der Waals surface area contributed by atoms with E-state index in [2.05, 4.69) is 0 Å². The van der Waals surface area contributed by atoms with Gasteiger partial charge in [-0.05, 0) is 31.2 Å². The van der Waals surface area contributed by atoms with Crippen LogP contribution < -0.4 is 10.2 Å². The number of ketones is 2. The zero-order chi connectivity index (χ0) is 18.0. The fraction of sp³-hybridized carbons (Fsp3) is 0.211. The highest BCUT2D eigenvalue weighted by molar-refractivity contribution is 5.95. The van der Waals surface area contributed by atoms with E-state index in [0.717, 1.165) is 0 Å². The van der Waals surface area contributed by atoms with Crippen molar-refractivity contribution in [3.05, 3.63) is 63.9 Å². The van der Waals surface area contributed by atoms with E-state index in [1.54, 1.807) is 24.3 Å². The van der Waals surface area contributed by atoms with Crippen molar-refractivity contribution in [1.82, 2.24) is 0 Å². The van der Waals surface area contributed by atoms with Gasteiger partial charge in [0, 0.05) is 18.1 Å². The first kappa shape index (κ1) is 16.7. The van der Waals surface area contributed by atoms with Crippen LogP contribution in [-0.4, -0.2) is 18.7 Å². The third-order valence-corrected chi connectivity index (χ3v) is 3.74. The van der Waals surface area contributed by atoms with Gasteiger partial charge in [0.1, 0.15) is 22.9 Å². The standard InChI is InChI=1S/C19H16O6/c1-11(20)6-12-7-13(23-2)8-15-16(21)9-14(25-19(12)15)10-17(22)18-4-3-5-24-18/h3-5,7-9H,6,10H2,1-2H3. The van der Waals surface area contributed by atoms with Gasteiger partial charge in [0.25, 0.3) is 0 Å². The lowest BCUT2D eigenvalue weighted by Crippen LogP contribution is -2.09. The zero-order valence-corrected chi connectivity index (χ0v) is 13.8. The van der Waals surface area contributed by atoms with E-state index in [4.69, 9.17) is 13.6 Å². The molecule has 3 aromatic rings. The monoisotopic (exact) mass is 340 g/mol. The average Bonchev–Trinajstić information content (AvgIpc) is 3.09. The van der Waals surface area contributed by atoms with E-state index in [-0.39, 0.29) is 41.4 Å². The summed E-state index contributed by atoms with van der Waals surface area (Å²) in [7, 11) is 1.48. The number of hydrogen-bond donors (Lipinski definition) is 0. The highest BCUT2D eigenvalue weighted by Gasteiger charge is 2.16. The summed E-state index contributed by atoms with van der Waals surface area (Å²) in [5.41, 5.74) is 0.546. The number of benzene rings is 1. The quantitative estimate of drug-likeness (QED) is 0.641. The fourth-order valence-electron chi connectivity index (χ4n) is 2.63. The topological polar surface area (TPSA) is 86.7 Å². The van der Waals surface area contributed by atoms with E-state index in [1.807, 2.05) is 0 Å².